The molecule has 0 N–H and O–H groups in total. The Morgan fingerprint density at radius 3 is 2.53 bits per heavy atom. The Kier molecular flexibility index (Phi) is 9.01. The molecule has 0 fully saturated rings. The highest BCUT2D eigenvalue weighted by molar-refractivity contribution is 9.10. The second-order valence-corrected chi connectivity index (χ2v) is 10.5. The maximum atomic E-state index is 14.1. The highest BCUT2D eigenvalue weighted by Gasteiger charge is 2.26. The van der Waals surface area contributed by atoms with Crippen LogP contribution >= 0.6 is 27.7 Å². The van der Waals surface area contributed by atoms with Crippen molar-refractivity contribution < 1.29 is 18.8 Å². The number of nitrogens with zero attached hydrogens (tertiary/aromatic N) is 4. The molecule has 3 aromatic carbocycles. The molecule has 38 heavy (non-hydrogen) atoms. The van der Waals surface area contributed by atoms with Gasteiger partial charge in [0.1, 0.15) is 23.5 Å². The number of nitro groups is 1. The number of thioether (sulfide) groups is 1. The molecule has 0 aliphatic carbocycles. The van der Waals surface area contributed by atoms with E-state index in [9.17, 15) is 14.5 Å². The number of aryl methyl sites for hydroxylation is 2. The van der Waals surface area contributed by atoms with E-state index in [2.05, 4.69) is 26.1 Å². The lowest BCUT2D eigenvalue weighted by atomic mass is 10.1. The summed E-state index contributed by atoms with van der Waals surface area (Å²) in [6, 6.07) is 17.8. The van der Waals surface area contributed by atoms with Crippen molar-refractivity contribution in [3.8, 4) is 17.2 Å². The van der Waals surface area contributed by atoms with Gasteiger partial charge in [-0.2, -0.15) is 0 Å². The summed E-state index contributed by atoms with van der Waals surface area (Å²) in [5, 5.41) is 20.1. The molecule has 0 radical (unpaired) electrons. The SMILES string of the molecule is CCOc1cc([C@@H](C[N+](=O)[O-])Sc2nnc(C)n2-c2ccc(C)cc2)cc(Br)c1OCc1ccccc1F. The summed E-state index contributed by atoms with van der Waals surface area (Å²) in [6.07, 6.45) is 0. The fraction of sp³-hybridized carbons (Fsp3) is 0.259. The van der Waals surface area contributed by atoms with Crippen LogP contribution in [0.15, 0.2) is 70.3 Å². The molecule has 1 aromatic heterocycles. The summed E-state index contributed by atoms with van der Waals surface area (Å²) in [5.41, 5.74) is 3.04. The van der Waals surface area contributed by atoms with Gasteiger partial charge in [0.05, 0.1) is 11.1 Å². The smallest absolute Gasteiger partial charge is 0.220 e. The minimum absolute atomic E-state index is 0.00327. The van der Waals surface area contributed by atoms with Gasteiger partial charge in [0.15, 0.2) is 16.7 Å². The maximum Gasteiger partial charge on any atom is 0.220 e. The fourth-order valence-electron chi connectivity index (χ4n) is 3.83. The first-order valence-electron chi connectivity index (χ1n) is 11.9. The van der Waals surface area contributed by atoms with Crippen LogP contribution in [0.4, 0.5) is 4.39 Å². The van der Waals surface area contributed by atoms with Crippen LogP contribution in [-0.2, 0) is 6.61 Å². The zero-order valence-corrected chi connectivity index (χ0v) is 23.5. The van der Waals surface area contributed by atoms with E-state index in [1.54, 1.807) is 30.3 Å². The van der Waals surface area contributed by atoms with Crippen molar-refractivity contribution in [1.29, 1.82) is 0 Å². The normalized spacial score (nSPS) is 11.8. The standard InChI is InChI=1S/C27H26BrFN4O4S/c1-4-36-24-14-20(13-22(28)26(24)37-16-19-7-5-6-8-23(19)29)25(15-32(34)35)38-27-31-30-18(3)33(27)21-11-9-17(2)10-12-21/h5-14,25H,4,15-16H2,1-3H3/t25-/m1/s1. The van der Waals surface area contributed by atoms with E-state index in [4.69, 9.17) is 9.47 Å². The summed E-state index contributed by atoms with van der Waals surface area (Å²) in [5.74, 6) is 1.10. The summed E-state index contributed by atoms with van der Waals surface area (Å²) in [4.78, 5) is 11.3. The van der Waals surface area contributed by atoms with Crippen LogP contribution in [0.25, 0.3) is 5.69 Å². The predicted molar refractivity (Wildman–Crippen MR) is 147 cm³/mol. The van der Waals surface area contributed by atoms with Gasteiger partial charge in [0.25, 0.3) is 0 Å². The molecule has 0 aliphatic rings. The van der Waals surface area contributed by atoms with Crippen molar-refractivity contribution in [3.63, 3.8) is 0 Å². The topological polar surface area (TPSA) is 92.3 Å². The third kappa shape index (κ3) is 6.51. The summed E-state index contributed by atoms with van der Waals surface area (Å²) < 4.78 is 28.3. The summed E-state index contributed by atoms with van der Waals surface area (Å²) in [7, 11) is 0. The van der Waals surface area contributed by atoms with Gasteiger partial charge in [-0.1, -0.05) is 47.7 Å². The number of halogens is 2. The molecule has 0 saturated carbocycles. The molecule has 0 aliphatic heterocycles. The second kappa shape index (κ2) is 12.4. The van der Waals surface area contributed by atoms with Gasteiger partial charge < -0.3 is 9.47 Å². The van der Waals surface area contributed by atoms with Crippen molar-refractivity contribution in [2.24, 2.45) is 0 Å². The Labute approximate surface area is 232 Å². The van der Waals surface area contributed by atoms with Crippen molar-refractivity contribution in [3.05, 3.63) is 104 Å². The molecule has 8 nitrogen and oxygen atoms in total. The number of aromatic nitrogens is 3. The second-order valence-electron chi connectivity index (χ2n) is 8.47. The van der Waals surface area contributed by atoms with Crippen molar-refractivity contribution >= 4 is 27.7 Å². The third-order valence-electron chi connectivity index (χ3n) is 5.68. The number of ether oxygens (including phenoxy) is 2. The third-order valence-corrected chi connectivity index (χ3v) is 7.45. The largest absolute Gasteiger partial charge is 0.490 e. The van der Waals surface area contributed by atoms with Crippen molar-refractivity contribution in [1.82, 2.24) is 14.8 Å². The van der Waals surface area contributed by atoms with Crippen LogP contribution in [0.2, 0.25) is 0 Å². The summed E-state index contributed by atoms with van der Waals surface area (Å²) in [6.45, 7) is 5.67. The van der Waals surface area contributed by atoms with E-state index in [1.807, 2.05) is 49.6 Å². The predicted octanol–water partition coefficient (Wildman–Crippen LogP) is 6.87. The minimum atomic E-state index is -0.603. The monoisotopic (exact) mass is 600 g/mol. The van der Waals surface area contributed by atoms with Gasteiger partial charge >= 0.3 is 0 Å². The van der Waals surface area contributed by atoms with Crippen LogP contribution in [0.1, 0.15) is 34.7 Å². The van der Waals surface area contributed by atoms with E-state index < -0.39 is 5.25 Å². The zero-order chi connectivity index (χ0) is 27.2. The lowest BCUT2D eigenvalue weighted by Gasteiger charge is -2.19. The van der Waals surface area contributed by atoms with E-state index in [1.165, 1.54) is 17.8 Å². The van der Waals surface area contributed by atoms with Crippen LogP contribution in [-0.4, -0.2) is 32.8 Å². The Hall–Kier alpha value is -3.44. The molecule has 0 unspecified atom stereocenters. The van der Waals surface area contributed by atoms with Gasteiger partial charge in [-0.05, 0) is 72.6 Å². The molecule has 1 heterocycles. The molecule has 11 heteroatoms. The van der Waals surface area contributed by atoms with Crippen molar-refractivity contribution in [2.45, 2.75) is 37.8 Å². The first kappa shape index (κ1) is 27.6. The molecule has 4 aromatic rings. The molecule has 198 valence electrons. The van der Waals surface area contributed by atoms with Gasteiger partial charge in [-0.15, -0.1) is 10.2 Å². The maximum absolute atomic E-state index is 14.1. The molecule has 0 amide bonds. The quantitative estimate of drug-likeness (QED) is 0.105. The zero-order valence-electron chi connectivity index (χ0n) is 21.1. The Bertz CT molecular complexity index is 1430. The van der Waals surface area contributed by atoms with E-state index >= 15 is 0 Å². The fourth-order valence-corrected chi connectivity index (χ4v) is 5.55. The highest BCUT2D eigenvalue weighted by Crippen LogP contribution is 2.43. The number of hydrogen-bond donors (Lipinski definition) is 0. The Morgan fingerprint density at radius 1 is 1.11 bits per heavy atom. The van der Waals surface area contributed by atoms with Crippen LogP contribution in [0.5, 0.6) is 11.5 Å². The van der Waals surface area contributed by atoms with Crippen LogP contribution in [0.3, 0.4) is 0 Å². The first-order chi connectivity index (χ1) is 18.3. The molecule has 0 spiro atoms. The molecule has 0 saturated heterocycles. The van der Waals surface area contributed by atoms with Crippen LogP contribution < -0.4 is 9.47 Å². The number of benzene rings is 3. The van der Waals surface area contributed by atoms with Gasteiger partial charge in [0, 0.05) is 16.2 Å². The number of hydrogen-bond acceptors (Lipinski definition) is 7. The molecular weight excluding hydrogens is 575 g/mol. The summed E-state index contributed by atoms with van der Waals surface area (Å²) >= 11 is 4.78. The average molecular weight is 601 g/mol. The Morgan fingerprint density at radius 2 is 1.84 bits per heavy atom. The van der Waals surface area contributed by atoms with E-state index in [0.29, 0.717) is 44.7 Å². The lowest BCUT2D eigenvalue weighted by Crippen LogP contribution is -2.12. The van der Waals surface area contributed by atoms with Gasteiger partial charge in [-0.25, -0.2) is 4.39 Å². The molecule has 1 atom stereocenters. The van der Waals surface area contributed by atoms with Crippen LogP contribution in [0, 0.1) is 29.8 Å². The van der Waals surface area contributed by atoms with Crippen molar-refractivity contribution in [2.75, 3.05) is 13.2 Å². The highest BCUT2D eigenvalue weighted by atomic mass is 79.9. The molecule has 4 rings (SSSR count). The Balaban J connectivity index is 1.67. The lowest BCUT2D eigenvalue weighted by molar-refractivity contribution is -0.479. The average Bonchev–Trinajstić information content (AvgIpc) is 3.24. The van der Waals surface area contributed by atoms with E-state index in [-0.39, 0.29) is 23.9 Å². The van der Waals surface area contributed by atoms with Gasteiger partial charge in [-0.3, -0.25) is 14.7 Å². The first-order valence-corrected chi connectivity index (χ1v) is 13.5. The molecular formula is C27H26BrFN4O4S. The van der Waals surface area contributed by atoms with E-state index in [0.717, 1.165) is 11.3 Å². The van der Waals surface area contributed by atoms with Gasteiger partial charge in [0.2, 0.25) is 6.54 Å². The molecule has 0 bridgehead atoms. The minimum Gasteiger partial charge on any atom is -0.490 e. The number of rotatable bonds is 11.